The lowest BCUT2D eigenvalue weighted by molar-refractivity contribution is -0.119. The number of amides is 1. The topological polar surface area (TPSA) is 29.1 Å². The lowest BCUT2D eigenvalue weighted by Crippen LogP contribution is -2.24. The fourth-order valence-corrected chi connectivity index (χ4v) is 1.16. The monoisotopic (exact) mass is 127 g/mol. The van der Waals surface area contributed by atoms with Gasteiger partial charge in [-0.1, -0.05) is 13.8 Å². The van der Waals surface area contributed by atoms with Gasteiger partial charge in [-0.2, -0.15) is 0 Å². The molecule has 0 aromatic rings. The zero-order chi connectivity index (χ0) is 7.02. The van der Waals surface area contributed by atoms with Crippen molar-refractivity contribution in [3.05, 3.63) is 0 Å². The van der Waals surface area contributed by atoms with Gasteiger partial charge in [-0.15, -0.1) is 0 Å². The third-order valence-corrected chi connectivity index (χ3v) is 2.19. The van der Waals surface area contributed by atoms with Crippen LogP contribution in [0.2, 0.25) is 0 Å². The van der Waals surface area contributed by atoms with Crippen LogP contribution >= 0.6 is 0 Å². The summed E-state index contributed by atoms with van der Waals surface area (Å²) in [6, 6.07) is 0.461. The molecule has 0 saturated heterocycles. The molecule has 1 aliphatic carbocycles. The van der Waals surface area contributed by atoms with Gasteiger partial charge in [0.1, 0.15) is 0 Å². The molecular formula is C7H13NO. The summed E-state index contributed by atoms with van der Waals surface area (Å²) in [5.74, 6) is 1.47. The third-order valence-electron chi connectivity index (χ3n) is 2.19. The van der Waals surface area contributed by atoms with Crippen LogP contribution in [0.1, 0.15) is 20.8 Å². The predicted octanol–water partition coefficient (Wildman–Crippen LogP) is 0.777. The van der Waals surface area contributed by atoms with E-state index in [0.717, 1.165) is 0 Å². The van der Waals surface area contributed by atoms with Gasteiger partial charge in [-0.3, -0.25) is 4.79 Å². The standard InChI is InChI=1S/C7H13NO/c1-4-5(2)7(4)8-6(3)9/h4-5,7H,1-3H3,(H,8,9)/t4-,5+,7?. The van der Waals surface area contributed by atoms with Crippen molar-refractivity contribution in [2.24, 2.45) is 11.8 Å². The van der Waals surface area contributed by atoms with E-state index < -0.39 is 0 Å². The van der Waals surface area contributed by atoms with Crippen molar-refractivity contribution in [1.82, 2.24) is 5.32 Å². The second-order valence-corrected chi connectivity index (χ2v) is 2.94. The maximum Gasteiger partial charge on any atom is 0.217 e. The zero-order valence-electron chi connectivity index (χ0n) is 6.14. The molecule has 1 N–H and O–H groups in total. The highest BCUT2D eigenvalue weighted by Crippen LogP contribution is 2.37. The van der Waals surface area contributed by atoms with Crippen LogP contribution in [0.5, 0.6) is 0 Å². The molecule has 1 saturated carbocycles. The molecule has 0 aromatic carbocycles. The highest BCUT2D eigenvalue weighted by Gasteiger charge is 2.43. The van der Waals surface area contributed by atoms with Gasteiger partial charge in [0, 0.05) is 13.0 Å². The van der Waals surface area contributed by atoms with Crippen LogP contribution in [-0.2, 0) is 4.79 Å². The van der Waals surface area contributed by atoms with Crippen molar-refractivity contribution >= 4 is 5.91 Å². The molecule has 0 aromatic heterocycles. The van der Waals surface area contributed by atoms with E-state index in [-0.39, 0.29) is 5.91 Å². The molecule has 0 bridgehead atoms. The number of carbonyl (C=O) groups excluding carboxylic acids is 1. The smallest absolute Gasteiger partial charge is 0.217 e. The van der Waals surface area contributed by atoms with Gasteiger partial charge < -0.3 is 5.32 Å². The first-order valence-electron chi connectivity index (χ1n) is 3.40. The molecule has 0 heterocycles. The summed E-state index contributed by atoms with van der Waals surface area (Å²) in [6.07, 6.45) is 0. The van der Waals surface area contributed by atoms with E-state index >= 15 is 0 Å². The fraction of sp³-hybridized carbons (Fsp3) is 0.857. The fourth-order valence-electron chi connectivity index (χ4n) is 1.16. The van der Waals surface area contributed by atoms with Gasteiger partial charge in [0.05, 0.1) is 0 Å². The zero-order valence-corrected chi connectivity index (χ0v) is 6.14. The second kappa shape index (κ2) is 2.01. The maximum atomic E-state index is 10.5. The Morgan fingerprint density at radius 3 is 1.89 bits per heavy atom. The molecule has 1 rings (SSSR count). The van der Waals surface area contributed by atoms with E-state index in [0.29, 0.717) is 17.9 Å². The molecule has 2 heteroatoms. The highest BCUT2D eigenvalue weighted by molar-refractivity contribution is 5.73. The normalized spacial score (nSPS) is 40.1. The van der Waals surface area contributed by atoms with E-state index in [9.17, 15) is 4.79 Å². The average Bonchev–Trinajstić information content (AvgIpc) is 2.22. The van der Waals surface area contributed by atoms with Crippen molar-refractivity contribution in [2.75, 3.05) is 0 Å². The molecule has 2 nitrogen and oxygen atoms in total. The van der Waals surface area contributed by atoms with Gasteiger partial charge >= 0.3 is 0 Å². The summed E-state index contributed by atoms with van der Waals surface area (Å²) >= 11 is 0. The Labute approximate surface area is 55.6 Å². The van der Waals surface area contributed by atoms with E-state index in [1.54, 1.807) is 6.92 Å². The number of nitrogens with one attached hydrogen (secondary N) is 1. The third kappa shape index (κ3) is 1.23. The summed E-state index contributed by atoms with van der Waals surface area (Å²) in [5.41, 5.74) is 0. The van der Waals surface area contributed by atoms with Crippen molar-refractivity contribution in [3.63, 3.8) is 0 Å². The van der Waals surface area contributed by atoms with Gasteiger partial charge in [-0.05, 0) is 11.8 Å². The molecular weight excluding hydrogens is 114 g/mol. The SMILES string of the molecule is CC(=O)NC1[C@@H](C)[C@H]1C. The lowest BCUT2D eigenvalue weighted by atomic mass is 10.4. The first kappa shape index (κ1) is 6.59. The molecule has 3 atom stereocenters. The highest BCUT2D eigenvalue weighted by atomic mass is 16.1. The average molecular weight is 127 g/mol. The Kier molecular flexibility index (Phi) is 1.47. The first-order chi connectivity index (χ1) is 4.13. The van der Waals surface area contributed by atoms with Crippen LogP contribution in [0.4, 0.5) is 0 Å². The van der Waals surface area contributed by atoms with E-state index in [4.69, 9.17) is 0 Å². The van der Waals surface area contributed by atoms with Crippen LogP contribution in [0.25, 0.3) is 0 Å². The van der Waals surface area contributed by atoms with E-state index in [1.165, 1.54) is 0 Å². The van der Waals surface area contributed by atoms with Crippen molar-refractivity contribution in [3.8, 4) is 0 Å². The molecule has 1 fully saturated rings. The molecule has 1 aliphatic rings. The van der Waals surface area contributed by atoms with Crippen molar-refractivity contribution < 1.29 is 4.79 Å². The summed E-state index contributed by atoms with van der Waals surface area (Å²) < 4.78 is 0. The van der Waals surface area contributed by atoms with E-state index in [2.05, 4.69) is 19.2 Å². The molecule has 0 aliphatic heterocycles. The minimum atomic E-state index is 0.0937. The Balaban J connectivity index is 2.25. The Hall–Kier alpha value is -0.530. The van der Waals surface area contributed by atoms with Crippen molar-refractivity contribution in [2.45, 2.75) is 26.8 Å². The van der Waals surface area contributed by atoms with Crippen LogP contribution in [0, 0.1) is 11.8 Å². The van der Waals surface area contributed by atoms with Gasteiger partial charge in [-0.25, -0.2) is 0 Å². The maximum absolute atomic E-state index is 10.5. The predicted molar refractivity (Wildman–Crippen MR) is 35.9 cm³/mol. The van der Waals surface area contributed by atoms with Crippen LogP contribution < -0.4 is 5.32 Å². The Morgan fingerprint density at radius 1 is 1.33 bits per heavy atom. The number of hydrogen-bond donors (Lipinski definition) is 1. The van der Waals surface area contributed by atoms with Gasteiger partial charge in [0.2, 0.25) is 5.91 Å². The lowest BCUT2D eigenvalue weighted by Gasteiger charge is -1.95. The molecule has 0 radical (unpaired) electrons. The van der Waals surface area contributed by atoms with Crippen molar-refractivity contribution in [1.29, 1.82) is 0 Å². The van der Waals surface area contributed by atoms with E-state index in [1.807, 2.05) is 0 Å². The molecule has 9 heavy (non-hydrogen) atoms. The molecule has 0 spiro atoms. The minimum Gasteiger partial charge on any atom is -0.353 e. The van der Waals surface area contributed by atoms with Crippen LogP contribution in [0.15, 0.2) is 0 Å². The Morgan fingerprint density at radius 2 is 1.78 bits per heavy atom. The summed E-state index contributed by atoms with van der Waals surface area (Å²) in [7, 11) is 0. The molecule has 1 amide bonds. The number of hydrogen-bond acceptors (Lipinski definition) is 1. The van der Waals surface area contributed by atoms with Gasteiger partial charge in [0.15, 0.2) is 0 Å². The first-order valence-corrected chi connectivity index (χ1v) is 3.40. The summed E-state index contributed by atoms with van der Waals surface area (Å²) in [6.45, 7) is 5.88. The minimum absolute atomic E-state index is 0.0937. The number of carbonyl (C=O) groups is 1. The summed E-state index contributed by atoms with van der Waals surface area (Å²) in [4.78, 5) is 10.5. The quantitative estimate of drug-likeness (QED) is 0.554. The molecule has 1 unspecified atom stereocenters. The largest absolute Gasteiger partial charge is 0.353 e. The second-order valence-electron chi connectivity index (χ2n) is 2.94. The van der Waals surface area contributed by atoms with Gasteiger partial charge in [0.25, 0.3) is 0 Å². The van der Waals surface area contributed by atoms with Crippen LogP contribution in [-0.4, -0.2) is 11.9 Å². The number of rotatable bonds is 1. The molecule has 52 valence electrons. The Bertz CT molecular complexity index is 125. The van der Waals surface area contributed by atoms with Crippen LogP contribution in [0.3, 0.4) is 0 Å². The summed E-state index contributed by atoms with van der Waals surface area (Å²) in [5, 5.41) is 2.88.